The number of ketones is 1. The van der Waals surface area contributed by atoms with Gasteiger partial charge < -0.3 is 4.90 Å². The third kappa shape index (κ3) is 4.45. The lowest BCUT2D eigenvalue weighted by molar-refractivity contribution is 0.105. The van der Waals surface area contributed by atoms with Crippen LogP contribution in [0.3, 0.4) is 0 Å². The first-order chi connectivity index (χ1) is 17.1. The van der Waals surface area contributed by atoms with Gasteiger partial charge in [0, 0.05) is 35.5 Å². The second-order valence-electron chi connectivity index (χ2n) is 9.02. The summed E-state index contributed by atoms with van der Waals surface area (Å²) < 4.78 is 3.22. The van der Waals surface area contributed by atoms with Crippen LogP contribution in [0.2, 0.25) is 0 Å². The van der Waals surface area contributed by atoms with Crippen LogP contribution < -0.4 is 19.7 Å². The van der Waals surface area contributed by atoms with Crippen molar-refractivity contribution in [3.05, 3.63) is 91.9 Å². The number of nitrogens with zero attached hydrogens (tertiary/aromatic N) is 2. The minimum atomic E-state index is -0.0348. The third-order valence-corrected chi connectivity index (χ3v) is 9.19. The highest BCUT2D eigenvalue weighted by Gasteiger charge is 2.29. The van der Waals surface area contributed by atoms with Crippen LogP contribution in [-0.4, -0.2) is 16.9 Å². The van der Waals surface area contributed by atoms with E-state index in [4.69, 9.17) is 0 Å². The Labute approximate surface area is 214 Å². The van der Waals surface area contributed by atoms with Gasteiger partial charge in [-0.2, -0.15) is 0 Å². The molecule has 0 atom stereocenters. The Kier molecular flexibility index (Phi) is 7.12. The summed E-state index contributed by atoms with van der Waals surface area (Å²) in [4.78, 5) is 30.5. The van der Waals surface area contributed by atoms with E-state index >= 15 is 0 Å². The summed E-state index contributed by atoms with van der Waals surface area (Å²) >= 11 is 3.13. The highest BCUT2D eigenvalue weighted by molar-refractivity contribution is 8.08. The largest absolute Gasteiger partial charge is 0.334 e. The van der Waals surface area contributed by atoms with Crippen LogP contribution in [0.15, 0.2) is 70.9 Å². The van der Waals surface area contributed by atoms with Crippen molar-refractivity contribution in [2.45, 2.75) is 56.9 Å². The number of allylic oxidation sites excluding steroid dienone is 1. The van der Waals surface area contributed by atoms with E-state index in [1.165, 1.54) is 47.6 Å². The number of para-hydroxylation sites is 1. The van der Waals surface area contributed by atoms with Crippen LogP contribution in [0.5, 0.6) is 0 Å². The van der Waals surface area contributed by atoms with Gasteiger partial charge in [-0.05, 0) is 24.1 Å². The Balaban J connectivity index is 1.64. The molecule has 0 radical (unpaired) electrons. The molecule has 0 fully saturated rings. The summed E-state index contributed by atoms with van der Waals surface area (Å²) in [5, 5.41) is 0.990. The number of hydrogen-bond donors (Lipinski definition) is 0. The van der Waals surface area contributed by atoms with E-state index in [0.29, 0.717) is 23.1 Å². The number of hydrogen-bond acceptors (Lipinski definition) is 5. The van der Waals surface area contributed by atoms with Crippen molar-refractivity contribution >= 4 is 45.2 Å². The topological polar surface area (TPSA) is 42.3 Å². The molecule has 35 heavy (non-hydrogen) atoms. The second-order valence-corrected chi connectivity index (χ2v) is 11.1. The molecule has 6 heteroatoms. The molecule has 0 saturated carbocycles. The fraction of sp³-hybridized carbons (Fsp3) is 0.310. The molecule has 0 saturated heterocycles. The minimum absolute atomic E-state index is 0.0337. The predicted octanol–water partition coefficient (Wildman–Crippen LogP) is 5.33. The number of aromatic nitrogens is 1. The monoisotopic (exact) mass is 502 g/mol. The molecule has 3 aromatic rings. The Hall–Kier alpha value is -2.83. The van der Waals surface area contributed by atoms with Crippen LogP contribution in [0.1, 0.15) is 54.9 Å². The van der Waals surface area contributed by atoms with Crippen molar-refractivity contribution < 1.29 is 4.79 Å². The molecule has 180 valence electrons. The first-order valence-corrected chi connectivity index (χ1v) is 14.0. The molecule has 2 heterocycles. The van der Waals surface area contributed by atoms with Gasteiger partial charge in [0.2, 0.25) is 0 Å². The van der Waals surface area contributed by atoms with Crippen LogP contribution in [0, 0.1) is 0 Å². The Bertz CT molecular complexity index is 1460. The molecular weight excluding hydrogens is 472 g/mol. The maximum absolute atomic E-state index is 13.8. The average molecular weight is 503 g/mol. The fourth-order valence-electron chi connectivity index (χ4n) is 4.87. The zero-order chi connectivity index (χ0) is 24.4. The van der Waals surface area contributed by atoms with E-state index in [2.05, 4.69) is 36.6 Å². The zero-order valence-corrected chi connectivity index (χ0v) is 21.7. The molecule has 0 unspecified atom stereocenters. The molecule has 0 N–H and O–H groups in total. The van der Waals surface area contributed by atoms with E-state index in [1.807, 2.05) is 30.3 Å². The smallest absolute Gasteiger partial charge is 0.272 e. The third-order valence-electron chi connectivity index (χ3n) is 6.64. The lowest BCUT2D eigenvalue weighted by Crippen LogP contribution is -2.35. The van der Waals surface area contributed by atoms with Gasteiger partial charge in [-0.3, -0.25) is 14.2 Å². The zero-order valence-electron chi connectivity index (χ0n) is 20.1. The Morgan fingerprint density at radius 2 is 1.77 bits per heavy atom. The highest BCUT2D eigenvalue weighted by Crippen LogP contribution is 2.46. The minimum Gasteiger partial charge on any atom is -0.334 e. The summed E-state index contributed by atoms with van der Waals surface area (Å²) in [5.41, 5.74) is 3.63. The number of fused-ring (bicyclic) bond motifs is 2. The van der Waals surface area contributed by atoms with Crippen molar-refractivity contribution in [3.63, 3.8) is 0 Å². The van der Waals surface area contributed by atoms with Crippen molar-refractivity contribution in [1.82, 2.24) is 4.57 Å². The number of carbonyl (C=O) groups is 1. The van der Waals surface area contributed by atoms with Gasteiger partial charge in [-0.25, -0.2) is 0 Å². The predicted molar refractivity (Wildman–Crippen MR) is 148 cm³/mol. The normalized spacial score (nSPS) is 17.6. The molecule has 2 aromatic carbocycles. The molecule has 5 rings (SSSR count). The second kappa shape index (κ2) is 10.4. The van der Waals surface area contributed by atoms with E-state index in [1.54, 1.807) is 22.4 Å². The fourth-order valence-corrected chi connectivity index (χ4v) is 7.38. The van der Waals surface area contributed by atoms with Gasteiger partial charge in [0.1, 0.15) is 14.2 Å². The number of benzene rings is 2. The summed E-state index contributed by atoms with van der Waals surface area (Å²) in [6.07, 6.45) is 8.30. The SMILES string of the molecule is C=CCn1c(=C2Cc3ccccc3C2=O)sc(=C2Sc3ccccc3N2CCCCCCC)c1=O. The van der Waals surface area contributed by atoms with Crippen molar-refractivity contribution in [1.29, 1.82) is 0 Å². The maximum atomic E-state index is 13.8. The van der Waals surface area contributed by atoms with Crippen molar-refractivity contribution in [3.8, 4) is 0 Å². The molecule has 1 aromatic heterocycles. The van der Waals surface area contributed by atoms with E-state index in [-0.39, 0.29) is 11.3 Å². The standard InChI is InChI=1S/C29H30N2O2S2/c1-3-5-6-7-12-18-30-23-15-10-11-16-24(23)34-29(30)26-27(33)31(17-4-2)28(35-26)22-19-20-13-8-9-14-21(20)25(22)32/h4,8-11,13-16H,2-3,5-7,12,17-19H2,1H3. The Morgan fingerprint density at radius 3 is 2.57 bits per heavy atom. The van der Waals surface area contributed by atoms with Gasteiger partial charge in [-0.1, -0.05) is 86.8 Å². The first kappa shape index (κ1) is 23.9. The van der Waals surface area contributed by atoms with Gasteiger partial charge in [-0.15, -0.1) is 17.9 Å². The van der Waals surface area contributed by atoms with Crippen LogP contribution in [0.4, 0.5) is 5.69 Å². The number of rotatable bonds is 8. The van der Waals surface area contributed by atoms with Gasteiger partial charge in [0.15, 0.2) is 5.78 Å². The van der Waals surface area contributed by atoms with Crippen LogP contribution >= 0.6 is 23.1 Å². The molecule has 1 aliphatic carbocycles. The van der Waals surface area contributed by atoms with Gasteiger partial charge in [0.25, 0.3) is 5.56 Å². The first-order valence-electron chi connectivity index (χ1n) is 12.4. The number of anilines is 1. The summed E-state index contributed by atoms with van der Waals surface area (Å²) in [6, 6.07) is 16.1. The van der Waals surface area contributed by atoms with E-state index < -0.39 is 0 Å². The maximum Gasteiger partial charge on any atom is 0.272 e. The molecule has 4 nitrogen and oxygen atoms in total. The number of unbranched alkanes of at least 4 members (excludes halogenated alkanes) is 4. The number of thiazole rings is 1. The lowest BCUT2D eigenvalue weighted by Gasteiger charge is -2.19. The molecular formula is C29H30N2O2S2. The van der Waals surface area contributed by atoms with Crippen LogP contribution in [0.25, 0.3) is 10.6 Å². The molecule has 0 amide bonds. The van der Waals surface area contributed by atoms with Crippen molar-refractivity contribution in [2.75, 3.05) is 11.4 Å². The number of carbonyl (C=O) groups excluding carboxylic acids is 1. The number of Topliss-reactive ketones (excluding diaryl/α,β-unsaturated/α-hetero) is 1. The van der Waals surface area contributed by atoms with Gasteiger partial charge in [0.05, 0.1) is 5.69 Å². The molecule has 0 bridgehead atoms. The summed E-state index contributed by atoms with van der Waals surface area (Å²) in [7, 11) is 0. The Morgan fingerprint density at radius 1 is 1.00 bits per heavy atom. The lowest BCUT2D eigenvalue weighted by atomic mass is 10.1. The van der Waals surface area contributed by atoms with Crippen LogP contribution in [-0.2, 0) is 13.0 Å². The van der Waals surface area contributed by atoms with E-state index in [0.717, 1.165) is 33.8 Å². The molecule has 2 aliphatic rings. The average Bonchev–Trinajstić information content (AvgIpc) is 3.51. The quantitative estimate of drug-likeness (QED) is 0.308. The summed E-state index contributed by atoms with van der Waals surface area (Å²) in [6.45, 7) is 7.38. The van der Waals surface area contributed by atoms with Crippen molar-refractivity contribution in [2.24, 2.45) is 0 Å². The highest BCUT2D eigenvalue weighted by atomic mass is 32.2. The molecule has 0 spiro atoms. The molecule has 1 aliphatic heterocycles. The number of thioether (sulfide) groups is 1. The van der Waals surface area contributed by atoms with E-state index in [9.17, 15) is 9.59 Å². The summed E-state index contributed by atoms with van der Waals surface area (Å²) in [5.74, 6) is 0.0337. The van der Waals surface area contributed by atoms with Gasteiger partial charge >= 0.3 is 0 Å².